The molecule has 1 aromatic rings. The third-order valence-electron chi connectivity index (χ3n) is 1.51. The zero-order valence-corrected chi connectivity index (χ0v) is 7.62. The van der Waals surface area contributed by atoms with E-state index in [0.29, 0.717) is 5.76 Å². The van der Waals surface area contributed by atoms with Gasteiger partial charge < -0.3 is 9.73 Å². The summed E-state index contributed by atoms with van der Waals surface area (Å²) in [5, 5.41) is 2.98. The van der Waals surface area contributed by atoms with Crippen molar-refractivity contribution in [2.45, 2.75) is 13.3 Å². The molecule has 70 valence electrons. The molecule has 13 heavy (non-hydrogen) atoms. The van der Waals surface area contributed by atoms with E-state index in [9.17, 15) is 4.79 Å². The summed E-state index contributed by atoms with van der Waals surface area (Å²) in [6, 6.07) is 3.34. The van der Waals surface area contributed by atoms with Gasteiger partial charge in [-0.05, 0) is 18.6 Å². The topological polar surface area (TPSA) is 42.2 Å². The van der Waals surface area contributed by atoms with Gasteiger partial charge in [0.05, 0.1) is 6.26 Å². The molecule has 1 aromatic heterocycles. The average molecular weight is 179 g/mol. The van der Waals surface area contributed by atoms with E-state index in [4.69, 9.17) is 4.42 Å². The van der Waals surface area contributed by atoms with Gasteiger partial charge in [-0.1, -0.05) is 6.92 Å². The second-order valence-corrected chi connectivity index (χ2v) is 2.63. The Hall–Kier alpha value is -1.51. The highest BCUT2D eigenvalue weighted by Crippen LogP contribution is 2.01. The Balaban J connectivity index is 2.38. The molecule has 0 aliphatic rings. The molecule has 0 saturated heterocycles. The SMILES string of the molecule is CCCN/C=C/C(=O)c1ccco1. The Morgan fingerprint density at radius 1 is 1.69 bits per heavy atom. The zero-order chi connectivity index (χ0) is 9.52. The first-order chi connectivity index (χ1) is 6.34. The molecule has 0 amide bonds. The Labute approximate surface area is 77.4 Å². The van der Waals surface area contributed by atoms with Crippen molar-refractivity contribution >= 4 is 5.78 Å². The van der Waals surface area contributed by atoms with Crippen molar-refractivity contribution in [2.24, 2.45) is 0 Å². The maximum absolute atomic E-state index is 11.2. The summed E-state index contributed by atoms with van der Waals surface area (Å²) in [5.41, 5.74) is 0. The van der Waals surface area contributed by atoms with Crippen molar-refractivity contribution in [3.8, 4) is 0 Å². The molecular formula is C10H13NO2. The van der Waals surface area contributed by atoms with E-state index in [2.05, 4.69) is 12.2 Å². The van der Waals surface area contributed by atoms with Crippen LogP contribution >= 0.6 is 0 Å². The smallest absolute Gasteiger partial charge is 0.222 e. The first kappa shape index (κ1) is 9.58. The van der Waals surface area contributed by atoms with Crippen LogP contribution in [0.25, 0.3) is 0 Å². The first-order valence-electron chi connectivity index (χ1n) is 4.32. The van der Waals surface area contributed by atoms with E-state index in [0.717, 1.165) is 13.0 Å². The monoisotopic (exact) mass is 179 g/mol. The number of ketones is 1. The van der Waals surface area contributed by atoms with Gasteiger partial charge in [-0.3, -0.25) is 4.79 Å². The van der Waals surface area contributed by atoms with Gasteiger partial charge in [0, 0.05) is 18.8 Å². The van der Waals surface area contributed by atoms with Crippen molar-refractivity contribution < 1.29 is 9.21 Å². The number of nitrogens with one attached hydrogen (secondary N) is 1. The van der Waals surface area contributed by atoms with Gasteiger partial charge in [-0.2, -0.15) is 0 Å². The molecular weight excluding hydrogens is 166 g/mol. The average Bonchev–Trinajstić information content (AvgIpc) is 2.65. The molecule has 0 aliphatic heterocycles. The highest BCUT2D eigenvalue weighted by atomic mass is 16.3. The van der Waals surface area contributed by atoms with Crippen LogP contribution in [0.3, 0.4) is 0 Å². The minimum absolute atomic E-state index is 0.117. The molecule has 0 unspecified atom stereocenters. The third-order valence-corrected chi connectivity index (χ3v) is 1.51. The fraction of sp³-hybridized carbons (Fsp3) is 0.300. The van der Waals surface area contributed by atoms with E-state index < -0.39 is 0 Å². The van der Waals surface area contributed by atoms with E-state index in [1.54, 1.807) is 18.3 Å². The maximum atomic E-state index is 11.2. The number of hydrogen-bond donors (Lipinski definition) is 1. The van der Waals surface area contributed by atoms with Crippen LogP contribution in [0.2, 0.25) is 0 Å². The highest BCUT2D eigenvalue weighted by molar-refractivity contribution is 6.02. The number of carbonyl (C=O) groups is 1. The number of allylic oxidation sites excluding steroid dienone is 1. The van der Waals surface area contributed by atoms with Gasteiger partial charge in [-0.15, -0.1) is 0 Å². The van der Waals surface area contributed by atoms with Gasteiger partial charge in [0.15, 0.2) is 5.76 Å². The molecule has 0 bridgehead atoms. The van der Waals surface area contributed by atoms with Gasteiger partial charge >= 0.3 is 0 Å². The molecule has 0 fully saturated rings. The van der Waals surface area contributed by atoms with Crippen LogP contribution in [0, 0.1) is 0 Å². The number of furan rings is 1. The normalized spacial score (nSPS) is 10.5. The lowest BCUT2D eigenvalue weighted by Gasteiger charge is -1.93. The van der Waals surface area contributed by atoms with Gasteiger partial charge in [-0.25, -0.2) is 0 Å². The number of hydrogen-bond acceptors (Lipinski definition) is 3. The summed E-state index contributed by atoms with van der Waals surface area (Å²) in [5.74, 6) is 0.253. The van der Waals surface area contributed by atoms with E-state index in [1.165, 1.54) is 12.3 Å². The van der Waals surface area contributed by atoms with Gasteiger partial charge in [0.1, 0.15) is 0 Å². The van der Waals surface area contributed by atoms with Crippen LogP contribution in [0.1, 0.15) is 23.9 Å². The molecule has 0 aromatic carbocycles. The molecule has 0 radical (unpaired) electrons. The lowest BCUT2D eigenvalue weighted by atomic mass is 10.3. The van der Waals surface area contributed by atoms with Crippen LogP contribution in [0.15, 0.2) is 35.1 Å². The maximum Gasteiger partial charge on any atom is 0.222 e. The minimum atomic E-state index is -0.117. The quantitative estimate of drug-likeness (QED) is 0.427. The van der Waals surface area contributed by atoms with Crippen LogP contribution in [0.4, 0.5) is 0 Å². The Bertz CT molecular complexity index is 275. The van der Waals surface area contributed by atoms with Crippen molar-refractivity contribution in [2.75, 3.05) is 6.54 Å². The summed E-state index contributed by atoms with van der Waals surface area (Å²) in [7, 11) is 0. The van der Waals surface area contributed by atoms with Crippen LogP contribution < -0.4 is 5.32 Å². The van der Waals surface area contributed by atoms with Crippen molar-refractivity contribution in [1.29, 1.82) is 0 Å². The predicted octanol–water partition coefficient (Wildman–Crippen LogP) is 1.98. The molecule has 0 saturated carbocycles. The summed E-state index contributed by atoms with van der Waals surface area (Å²) < 4.78 is 4.92. The van der Waals surface area contributed by atoms with Crippen LogP contribution in [0.5, 0.6) is 0 Å². The van der Waals surface area contributed by atoms with Crippen LogP contribution in [-0.2, 0) is 0 Å². The van der Waals surface area contributed by atoms with Crippen LogP contribution in [-0.4, -0.2) is 12.3 Å². The Kier molecular flexibility index (Phi) is 3.82. The van der Waals surface area contributed by atoms with Crippen molar-refractivity contribution in [3.63, 3.8) is 0 Å². The standard InChI is InChI=1S/C10H13NO2/c1-2-6-11-7-5-9(12)10-4-3-8-13-10/h3-5,7-8,11H,2,6H2,1H3/b7-5+. The van der Waals surface area contributed by atoms with E-state index >= 15 is 0 Å². The third kappa shape index (κ3) is 3.15. The van der Waals surface area contributed by atoms with Crippen molar-refractivity contribution in [3.05, 3.63) is 36.4 Å². The highest BCUT2D eigenvalue weighted by Gasteiger charge is 2.02. The Morgan fingerprint density at radius 2 is 2.54 bits per heavy atom. The first-order valence-corrected chi connectivity index (χ1v) is 4.32. The molecule has 1 heterocycles. The summed E-state index contributed by atoms with van der Waals surface area (Å²) in [4.78, 5) is 11.2. The number of rotatable bonds is 5. The molecule has 1 N–H and O–H groups in total. The van der Waals surface area contributed by atoms with Crippen molar-refractivity contribution in [1.82, 2.24) is 5.32 Å². The molecule has 0 spiro atoms. The largest absolute Gasteiger partial charge is 0.461 e. The second kappa shape index (κ2) is 5.19. The Morgan fingerprint density at radius 3 is 3.15 bits per heavy atom. The molecule has 3 nitrogen and oxygen atoms in total. The molecule has 3 heteroatoms. The van der Waals surface area contributed by atoms with Gasteiger partial charge in [0.2, 0.25) is 5.78 Å². The lowest BCUT2D eigenvalue weighted by Crippen LogP contribution is -2.06. The predicted molar refractivity (Wildman–Crippen MR) is 50.5 cm³/mol. The summed E-state index contributed by atoms with van der Waals surface area (Å²) in [6.07, 6.45) is 5.64. The summed E-state index contributed by atoms with van der Waals surface area (Å²) >= 11 is 0. The fourth-order valence-electron chi connectivity index (χ4n) is 0.863. The summed E-state index contributed by atoms with van der Waals surface area (Å²) in [6.45, 7) is 2.94. The second-order valence-electron chi connectivity index (χ2n) is 2.63. The molecule has 1 rings (SSSR count). The number of carbonyl (C=O) groups excluding carboxylic acids is 1. The minimum Gasteiger partial charge on any atom is -0.461 e. The molecule has 0 aliphatic carbocycles. The fourth-order valence-corrected chi connectivity index (χ4v) is 0.863. The zero-order valence-electron chi connectivity index (χ0n) is 7.62. The lowest BCUT2D eigenvalue weighted by molar-refractivity contribution is 0.102. The molecule has 0 atom stereocenters. The van der Waals surface area contributed by atoms with E-state index in [1.807, 2.05) is 0 Å². The van der Waals surface area contributed by atoms with Gasteiger partial charge in [0.25, 0.3) is 0 Å². The van der Waals surface area contributed by atoms with E-state index in [-0.39, 0.29) is 5.78 Å².